The van der Waals surface area contributed by atoms with Gasteiger partial charge in [0.05, 0.1) is 11.4 Å². The van der Waals surface area contributed by atoms with E-state index in [0.717, 1.165) is 17.9 Å². The highest BCUT2D eigenvalue weighted by atomic mass is 35.5. The first-order chi connectivity index (χ1) is 7.24. The van der Waals surface area contributed by atoms with Crippen molar-refractivity contribution in [3.05, 3.63) is 23.0 Å². The quantitative estimate of drug-likeness (QED) is 0.612. The van der Waals surface area contributed by atoms with E-state index in [-0.39, 0.29) is 0 Å². The molecule has 1 heterocycles. The fraction of sp³-hybridized carbons (Fsp3) is 0.545. The van der Waals surface area contributed by atoms with Crippen LogP contribution in [0.1, 0.15) is 18.5 Å². The Morgan fingerprint density at radius 2 is 2.20 bits per heavy atom. The Labute approximate surface area is 101 Å². The van der Waals surface area contributed by atoms with Crippen molar-refractivity contribution in [1.29, 1.82) is 0 Å². The van der Waals surface area contributed by atoms with Crippen molar-refractivity contribution in [1.82, 2.24) is 4.98 Å². The van der Waals surface area contributed by atoms with E-state index in [2.05, 4.69) is 16.6 Å². The van der Waals surface area contributed by atoms with Gasteiger partial charge in [-0.15, -0.1) is 0 Å². The summed E-state index contributed by atoms with van der Waals surface area (Å²) in [5.74, 6) is 1.24. The molecule has 1 aromatic heterocycles. The van der Waals surface area contributed by atoms with Gasteiger partial charge in [-0.25, -0.2) is 4.98 Å². The minimum absolute atomic E-state index is 0.556. The van der Waals surface area contributed by atoms with Crippen LogP contribution in [-0.4, -0.2) is 23.5 Å². The number of pyridine rings is 1. The van der Waals surface area contributed by atoms with Crippen LogP contribution in [0.25, 0.3) is 0 Å². The summed E-state index contributed by atoms with van der Waals surface area (Å²) in [6.45, 7) is 2.97. The second-order valence-electron chi connectivity index (χ2n) is 3.39. The smallest absolute Gasteiger partial charge is 0.129 e. The number of anilines is 1. The first kappa shape index (κ1) is 12.7. The first-order valence-electron chi connectivity index (χ1n) is 5.10. The third kappa shape index (κ3) is 4.76. The number of aryl methyl sites for hydroxylation is 1. The van der Waals surface area contributed by atoms with Gasteiger partial charge in [-0.05, 0) is 43.9 Å². The van der Waals surface area contributed by atoms with E-state index < -0.39 is 0 Å². The van der Waals surface area contributed by atoms with E-state index in [1.807, 2.05) is 30.8 Å². The number of nitrogens with zero attached hydrogens (tertiary/aromatic N) is 1. The summed E-state index contributed by atoms with van der Waals surface area (Å²) in [5, 5.41) is 3.92. The van der Waals surface area contributed by atoms with Gasteiger partial charge in [-0.1, -0.05) is 11.6 Å². The first-order valence-corrected chi connectivity index (χ1v) is 6.87. The molecule has 0 aliphatic carbocycles. The van der Waals surface area contributed by atoms with Crippen LogP contribution in [0.2, 0.25) is 5.15 Å². The van der Waals surface area contributed by atoms with Gasteiger partial charge in [-0.3, -0.25) is 0 Å². The van der Waals surface area contributed by atoms with E-state index in [1.54, 1.807) is 0 Å². The molecule has 2 nitrogen and oxygen atoms in total. The molecule has 0 aliphatic heterocycles. The highest BCUT2D eigenvalue weighted by Gasteiger charge is 1.99. The zero-order chi connectivity index (χ0) is 11.1. The van der Waals surface area contributed by atoms with E-state index in [9.17, 15) is 0 Å². The van der Waals surface area contributed by atoms with Crippen LogP contribution < -0.4 is 5.32 Å². The fourth-order valence-electron chi connectivity index (χ4n) is 1.31. The van der Waals surface area contributed by atoms with Gasteiger partial charge in [0.1, 0.15) is 5.15 Å². The van der Waals surface area contributed by atoms with Crippen molar-refractivity contribution in [2.75, 3.05) is 23.9 Å². The molecule has 0 unspecified atom stereocenters. The van der Waals surface area contributed by atoms with Crippen LogP contribution in [0.5, 0.6) is 0 Å². The van der Waals surface area contributed by atoms with Gasteiger partial charge in [0.2, 0.25) is 0 Å². The zero-order valence-corrected chi connectivity index (χ0v) is 10.8. The minimum atomic E-state index is 0.556. The molecule has 0 aliphatic rings. The third-order valence-electron chi connectivity index (χ3n) is 2.14. The van der Waals surface area contributed by atoms with Gasteiger partial charge in [-0.2, -0.15) is 11.8 Å². The van der Waals surface area contributed by atoms with Crippen LogP contribution in [0.4, 0.5) is 5.69 Å². The SMILES string of the molecule is CSCCCCNc1ccc(Cl)nc1C. The number of aromatic nitrogens is 1. The predicted octanol–water partition coefficient (Wildman–Crippen LogP) is 3.60. The summed E-state index contributed by atoms with van der Waals surface area (Å²) in [4.78, 5) is 4.19. The highest BCUT2D eigenvalue weighted by molar-refractivity contribution is 7.98. The lowest BCUT2D eigenvalue weighted by Crippen LogP contribution is -2.04. The maximum atomic E-state index is 5.78. The van der Waals surface area contributed by atoms with Gasteiger partial charge in [0, 0.05) is 6.54 Å². The largest absolute Gasteiger partial charge is 0.384 e. The molecule has 0 radical (unpaired) electrons. The lowest BCUT2D eigenvalue weighted by molar-refractivity contribution is 0.841. The molecule has 1 N–H and O–H groups in total. The zero-order valence-electron chi connectivity index (χ0n) is 9.22. The van der Waals surface area contributed by atoms with E-state index >= 15 is 0 Å². The Hall–Kier alpha value is -0.410. The van der Waals surface area contributed by atoms with Crippen molar-refractivity contribution in [2.24, 2.45) is 0 Å². The number of rotatable bonds is 6. The lowest BCUT2D eigenvalue weighted by Gasteiger charge is -2.08. The molecule has 0 saturated carbocycles. The van der Waals surface area contributed by atoms with Crippen LogP contribution in [0.15, 0.2) is 12.1 Å². The number of unbranched alkanes of at least 4 members (excludes halogenated alkanes) is 1. The normalized spacial score (nSPS) is 10.3. The molecular formula is C11H17ClN2S. The minimum Gasteiger partial charge on any atom is -0.384 e. The lowest BCUT2D eigenvalue weighted by atomic mass is 10.3. The molecule has 0 amide bonds. The Morgan fingerprint density at radius 1 is 1.40 bits per heavy atom. The maximum Gasteiger partial charge on any atom is 0.129 e. The van der Waals surface area contributed by atoms with Crippen LogP contribution in [0, 0.1) is 6.92 Å². The Balaban J connectivity index is 2.31. The van der Waals surface area contributed by atoms with Gasteiger partial charge in [0.15, 0.2) is 0 Å². The molecule has 4 heteroatoms. The summed E-state index contributed by atoms with van der Waals surface area (Å²) >= 11 is 7.67. The molecule has 0 aromatic carbocycles. The highest BCUT2D eigenvalue weighted by Crippen LogP contribution is 2.15. The maximum absolute atomic E-state index is 5.78. The fourth-order valence-corrected chi connectivity index (χ4v) is 1.99. The molecular weight excluding hydrogens is 228 g/mol. The van der Waals surface area contributed by atoms with Crippen LogP contribution >= 0.6 is 23.4 Å². The number of halogens is 1. The Kier molecular flexibility index (Phi) is 5.88. The molecule has 0 fully saturated rings. The molecule has 1 rings (SSSR count). The third-order valence-corrected chi connectivity index (χ3v) is 3.05. The average molecular weight is 245 g/mol. The van der Waals surface area contributed by atoms with Crippen molar-refractivity contribution in [3.63, 3.8) is 0 Å². The van der Waals surface area contributed by atoms with Gasteiger partial charge < -0.3 is 5.32 Å². The summed E-state index contributed by atoms with van der Waals surface area (Å²) in [5.41, 5.74) is 2.05. The molecule has 1 aromatic rings. The standard InChI is InChI=1S/C11H17ClN2S/c1-9-10(5-6-11(12)14-9)13-7-3-4-8-15-2/h5-6,13H,3-4,7-8H2,1-2H3. The summed E-state index contributed by atoms with van der Waals surface area (Å²) in [6, 6.07) is 3.80. The van der Waals surface area contributed by atoms with Crippen LogP contribution in [-0.2, 0) is 0 Å². The Bertz CT molecular complexity index is 305. The molecule has 15 heavy (non-hydrogen) atoms. The van der Waals surface area contributed by atoms with Crippen molar-refractivity contribution in [3.8, 4) is 0 Å². The topological polar surface area (TPSA) is 24.9 Å². The molecule has 0 spiro atoms. The predicted molar refractivity (Wildman–Crippen MR) is 70.1 cm³/mol. The summed E-state index contributed by atoms with van der Waals surface area (Å²) < 4.78 is 0. The monoisotopic (exact) mass is 244 g/mol. The van der Waals surface area contributed by atoms with E-state index in [4.69, 9.17) is 11.6 Å². The van der Waals surface area contributed by atoms with E-state index in [0.29, 0.717) is 5.15 Å². The Morgan fingerprint density at radius 3 is 2.87 bits per heavy atom. The second-order valence-corrected chi connectivity index (χ2v) is 4.77. The van der Waals surface area contributed by atoms with E-state index in [1.165, 1.54) is 18.6 Å². The molecule has 0 atom stereocenters. The summed E-state index contributed by atoms with van der Waals surface area (Å²) in [6.07, 6.45) is 4.60. The number of thioether (sulfide) groups is 1. The number of hydrogen-bond acceptors (Lipinski definition) is 3. The molecule has 0 saturated heterocycles. The second kappa shape index (κ2) is 6.96. The summed E-state index contributed by atoms with van der Waals surface area (Å²) in [7, 11) is 0. The van der Waals surface area contributed by atoms with Crippen molar-refractivity contribution >= 4 is 29.1 Å². The molecule has 0 bridgehead atoms. The van der Waals surface area contributed by atoms with Crippen molar-refractivity contribution < 1.29 is 0 Å². The molecule has 84 valence electrons. The number of nitrogens with one attached hydrogen (secondary N) is 1. The van der Waals surface area contributed by atoms with Gasteiger partial charge >= 0.3 is 0 Å². The van der Waals surface area contributed by atoms with Gasteiger partial charge in [0.25, 0.3) is 0 Å². The number of hydrogen-bond donors (Lipinski definition) is 1. The van der Waals surface area contributed by atoms with Crippen LogP contribution in [0.3, 0.4) is 0 Å². The average Bonchev–Trinajstić information content (AvgIpc) is 2.20. The van der Waals surface area contributed by atoms with Crippen molar-refractivity contribution in [2.45, 2.75) is 19.8 Å².